The number of hydrogen-bond acceptors (Lipinski definition) is 5. The van der Waals surface area contributed by atoms with Gasteiger partial charge in [-0.25, -0.2) is 4.99 Å². The van der Waals surface area contributed by atoms with Crippen LogP contribution in [0.3, 0.4) is 0 Å². The number of hydrogen-bond donors (Lipinski definition) is 2. The molecule has 0 spiro atoms. The number of halogens is 1. The van der Waals surface area contributed by atoms with Crippen LogP contribution in [0.5, 0.6) is 11.5 Å². The summed E-state index contributed by atoms with van der Waals surface area (Å²) >= 11 is 0. The van der Waals surface area contributed by atoms with E-state index >= 15 is 0 Å². The van der Waals surface area contributed by atoms with Crippen LogP contribution in [0, 0.1) is 13.8 Å². The number of methoxy groups -OCH3 is 2. The molecule has 0 radical (unpaired) electrons. The van der Waals surface area contributed by atoms with E-state index in [1.54, 1.807) is 14.2 Å². The van der Waals surface area contributed by atoms with Gasteiger partial charge in [0.2, 0.25) is 0 Å². The molecule has 0 unspecified atom stereocenters. The zero-order chi connectivity index (χ0) is 21.1. The van der Waals surface area contributed by atoms with Crippen LogP contribution in [-0.4, -0.2) is 56.3 Å². The second-order valence-corrected chi connectivity index (χ2v) is 6.51. The minimum Gasteiger partial charge on any atom is -0.497 e. The summed E-state index contributed by atoms with van der Waals surface area (Å²) < 4.78 is 18.0. The molecular weight excluding hydrogens is 497 g/mol. The smallest absolute Gasteiger partial charge is 0.191 e. The molecule has 0 saturated carbocycles. The van der Waals surface area contributed by atoms with E-state index in [2.05, 4.69) is 22.7 Å². The van der Waals surface area contributed by atoms with E-state index in [9.17, 15) is 0 Å². The van der Waals surface area contributed by atoms with Crippen molar-refractivity contribution in [3.8, 4) is 11.5 Å². The molecule has 1 aromatic carbocycles. The lowest BCUT2D eigenvalue weighted by Gasteiger charge is -2.12. The third kappa shape index (κ3) is 8.02. The van der Waals surface area contributed by atoms with Crippen molar-refractivity contribution in [3.63, 3.8) is 0 Å². The van der Waals surface area contributed by atoms with E-state index in [4.69, 9.17) is 19.2 Å². The normalized spacial score (nSPS) is 11.0. The van der Waals surface area contributed by atoms with E-state index in [0.717, 1.165) is 47.5 Å². The van der Waals surface area contributed by atoms with Gasteiger partial charge in [-0.3, -0.25) is 4.68 Å². The first-order valence-electron chi connectivity index (χ1n) is 9.89. The highest BCUT2D eigenvalue weighted by Gasteiger charge is 2.11. The highest BCUT2D eigenvalue weighted by Crippen LogP contribution is 2.17. The lowest BCUT2D eigenvalue weighted by atomic mass is 10.2. The Bertz CT molecular complexity index is 778. The van der Waals surface area contributed by atoms with Crippen molar-refractivity contribution in [2.75, 3.05) is 40.5 Å². The van der Waals surface area contributed by atoms with Crippen LogP contribution in [0.25, 0.3) is 0 Å². The standard InChI is InChI=1S/C21H33N5O3.HI/c1-6-22-21(23-11-13-29-19-9-7-18(28-5)8-10-19)24-15-20-16(2)25-26(17(20)3)12-14-27-4;/h7-10H,6,11-15H2,1-5H3,(H2,22,23,24);1H. The Morgan fingerprint density at radius 3 is 2.40 bits per heavy atom. The minimum atomic E-state index is 0. The van der Waals surface area contributed by atoms with Gasteiger partial charge in [-0.2, -0.15) is 5.10 Å². The third-order valence-corrected chi connectivity index (χ3v) is 4.50. The number of guanidine groups is 1. The molecule has 2 rings (SSSR count). The van der Waals surface area contributed by atoms with Crippen molar-refractivity contribution in [3.05, 3.63) is 41.2 Å². The Kier molecular flexibility index (Phi) is 12.2. The fourth-order valence-electron chi connectivity index (χ4n) is 2.87. The molecule has 0 amide bonds. The van der Waals surface area contributed by atoms with Crippen LogP contribution >= 0.6 is 24.0 Å². The number of aliphatic imine (C=N–C) groups is 1. The third-order valence-electron chi connectivity index (χ3n) is 4.50. The molecule has 0 bridgehead atoms. The molecule has 0 aliphatic carbocycles. The van der Waals surface area contributed by atoms with Crippen LogP contribution in [-0.2, 0) is 17.8 Å². The Morgan fingerprint density at radius 1 is 1.07 bits per heavy atom. The van der Waals surface area contributed by atoms with Crippen LogP contribution in [0.4, 0.5) is 0 Å². The van der Waals surface area contributed by atoms with E-state index in [1.165, 1.54) is 0 Å². The number of aryl methyl sites for hydroxylation is 1. The summed E-state index contributed by atoms with van der Waals surface area (Å²) in [7, 11) is 3.35. The van der Waals surface area contributed by atoms with Gasteiger partial charge in [0.05, 0.1) is 39.0 Å². The molecule has 1 aromatic heterocycles. The van der Waals surface area contributed by atoms with E-state index in [0.29, 0.717) is 26.3 Å². The summed E-state index contributed by atoms with van der Waals surface area (Å²) in [5, 5.41) is 11.2. The van der Waals surface area contributed by atoms with Crippen LogP contribution in [0.2, 0.25) is 0 Å². The number of nitrogens with one attached hydrogen (secondary N) is 2. The molecule has 0 atom stereocenters. The van der Waals surface area contributed by atoms with Crippen LogP contribution in [0.15, 0.2) is 29.3 Å². The van der Waals surface area contributed by atoms with Crippen LogP contribution in [0.1, 0.15) is 23.9 Å². The Labute approximate surface area is 196 Å². The van der Waals surface area contributed by atoms with Gasteiger partial charge in [0.15, 0.2) is 5.96 Å². The highest BCUT2D eigenvalue weighted by molar-refractivity contribution is 14.0. The zero-order valence-electron chi connectivity index (χ0n) is 18.5. The van der Waals surface area contributed by atoms with Crippen molar-refractivity contribution >= 4 is 29.9 Å². The summed E-state index contributed by atoms with van der Waals surface area (Å²) in [5.74, 6) is 2.38. The summed E-state index contributed by atoms with van der Waals surface area (Å²) in [6.07, 6.45) is 0. The average Bonchev–Trinajstić information content (AvgIpc) is 3.00. The minimum absolute atomic E-state index is 0. The quantitative estimate of drug-likeness (QED) is 0.201. The molecule has 2 N–H and O–H groups in total. The van der Waals surface area contributed by atoms with Crippen molar-refractivity contribution in [2.24, 2.45) is 4.99 Å². The van der Waals surface area contributed by atoms with Crippen molar-refractivity contribution in [1.29, 1.82) is 0 Å². The second-order valence-electron chi connectivity index (χ2n) is 6.51. The first kappa shape index (κ1) is 26.0. The average molecular weight is 531 g/mol. The lowest BCUT2D eigenvalue weighted by molar-refractivity contribution is 0.182. The van der Waals surface area contributed by atoms with Gasteiger partial charge in [0.1, 0.15) is 18.1 Å². The van der Waals surface area contributed by atoms with Gasteiger partial charge in [0, 0.05) is 24.9 Å². The predicted octanol–water partition coefficient (Wildman–Crippen LogP) is 2.91. The SMILES string of the molecule is CCNC(=NCc1c(C)nn(CCOC)c1C)NCCOc1ccc(OC)cc1.I. The fourth-order valence-corrected chi connectivity index (χ4v) is 2.87. The van der Waals surface area contributed by atoms with Crippen molar-refractivity contribution in [1.82, 2.24) is 20.4 Å². The fraction of sp³-hybridized carbons (Fsp3) is 0.524. The molecule has 0 fully saturated rings. The first-order chi connectivity index (χ1) is 14.1. The monoisotopic (exact) mass is 531 g/mol. The highest BCUT2D eigenvalue weighted by atomic mass is 127. The van der Waals surface area contributed by atoms with Crippen LogP contribution < -0.4 is 20.1 Å². The number of nitrogens with zero attached hydrogens (tertiary/aromatic N) is 3. The van der Waals surface area contributed by atoms with Gasteiger partial charge in [-0.1, -0.05) is 0 Å². The zero-order valence-corrected chi connectivity index (χ0v) is 20.9. The number of benzene rings is 1. The molecule has 30 heavy (non-hydrogen) atoms. The molecule has 0 aliphatic rings. The van der Waals surface area contributed by atoms with Gasteiger partial charge in [0.25, 0.3) is 0 Å². The molecule has 2 aromatic rings. The topological polar surface area (TPSA) is 81.9 Å². The molecule has 0 aliphatic heterocycles. The number of rotatable bonds is 11. The molecule has 8 nitrogen and oxygen atoms in total. The summed E-state index contributed by atoms with van der Waals surface area (Å²) in [5.41, 5.74) is 3.27. The summed E-state index contributed by atoms with van der Waals surface area (Å²) in [6, 6.07) is 7.55. The number of ether oxygens (including phenoxy) is 3. The van der Waals surface area contributed by atoms with Crippen molar-refractivity contribution < 1.29 is 14.2 Å². The second kappa shape index (κ2) is 14.1. The van der Waals surface area contributed by atoms with Gasteiger partial charge in [-0.15, -0.1) is 24.0 Å². The Hall–Kier alpha value is -2.01. The van der Waals surface area contributed by atoms with E-state index in [-0.39, 0.29) is 24.0 Å². The van der Waals surface area contributed by atoms with E-state index in [1.807, 2.05) is 42.8 Å². The summed E-state index contributed by atoms with van der Waals surface area (Å²) in [6.45, 7) is 10.1. The molecule has 9 heteroatoms. The maximum Gasteiger partial charge on any atom is 0.191 e. The maximum atomic E-state index is 5.75. The molecule has 1 heterocycles. The van der Waals surface area contributed by atoms with Crippen molar-refractivity contribution in [2.45, 2.75) is 33.9 Å². The van der Waals surface area contributed by atoms with Gasteiger partial charge >= 0.3 is 0 Å². The Morgan fingerprint density at radius 2 is 1.77 bits per heavy atom. The molecular formula is C21H34IN5O3. The first-order valence-corrected chi connectivity index (χ1v) is 9.89. The van der Waals surface area contributed by atoms with E-state index < -0.39 is 0 Å². The Balaban J connectivity index is 0.00000450. The van der Waals surface area contributed by atoms with Gasteiger partial charge in [-0.05, 0) is 45.0 Å². The van der Waals surface area contributed by atoms with Gasteiger partial charge < -0.3 is 24.8 Å². The molecule has 0 saturated heterocycles. The molecule has 168 valence electrons. The predicted molar refractivity (Wildman–Crippen MR) is 130 cm³/mol. The number of aromatic nitrogens is 2. The lowest BCUT2D eigenvalue weighted by Crippen LogP contribution is -2.39. The summed E-state index contributed by atoms with van der Waals surface area (Å²) in [4.78, 5) is 4.70. The largest absolute Gasteiger partial charge is 0.497 e. The maximum absolute atomic E-state index is 5.75.